The van der Waals surface area contributed by atoms with Crippen molar-refractivity contribution in [3.63, 3.8) is 0 Å². The van der Waals surface area contributed by atoms with Gasteiger partial charge in [0.05, 0.1) is 6.54 Å². The number of hydrogen-bond acceptors (Lipinski definition) is 4. The molecule has 0 amide bonds. The molecule has 0 unspecified atom stereocenters. The van der Waals surface area contributed by atoms with E-state index in [1.807, 2.05) is 0 Å². The highest BCUT2D eigenvalue weighted by Crippen LogP contribution is 2.13. The number of hydrogen-bond donors (Lipinski definition) is 4. The van der Waals surface area contributed by atoms with Crippen LogP contribution in [0.1, 0.15) is 0 Å². The Morgan fingerprint density at radius 1 is 1.21 bits per heavy atom. The zero-order valence-corrected chi connectivity index (χ0v) is 7.77. The van der Waals surface area contributed by atoms with E-state index in [9.17, 15) is 4.79 Å². The number of nitrogens with one attached hydrogen (secondary N) is 1. The highest BCUT2D eigenvalue weighted by Gasteiger charge is 1.86. The molecule has 0 saturated carbocycles. The maximum absolute atomic E-state index is 9.54. The Hall–Kier alpha value is -1.75. The highest BCUT2D eigenvalue weighted by atomic mass is 16.4. The number of carboxylic acid groups (broad SMARTS) is 1. The zero-order chi connectivity index (χ0) is 11.0. The molecule has 0 aliphatic carbocycles. The van der Waals surface area contributed by atoms with Gasteiger partial charge in [0.15, 0.2) is 0 Å². The smallest absolute Gasteiger partial charge is 0.317 e. The summed E-state index contributed by atoms with van der Waals surface area (Å²) in [6.07, 6.45) is 0. The second-order valence-electron chi connectivity index (χ2n) is 2.44. The standard InChI is InChI=1S/C6H6O2.C3H7NO2/c7-5-1-2-6(8)4-3-5;1-4-2-3(5)6/h1-4,7-8H;4H,2H2,1H3,(H,5,6). The number of phenols is 2. The van der Waals surface area contributed by atoms with Gasteiger partial charge in [0.2, 0.25) is 0 Å². The van der Waals surface area contributed by atoms with Gasteiger partial charge in [-0.15, -0.1) is 0 Å². The molecule has 0 aliphatic heterocycles. The number of benzene rings is 1. The van der Waals surface area contributed by atoms with Crippen molar-refractivity contribution in [3.8, 4) is 11.5 Å². The predicted molar refractivity (Wildman–Crippen MR) is 51.3 cm³/mol. The van der Waals surface area contributed by atoms with Crippen molar-refractivity contribution in [2.75, 3.05) is 13.6 Å². The number of carbonyl (C=O) groups is 1. The maximum Gasteiger partial charge on any atom is 0.317 e. The lowest BCUT2D eigenvalue weighted by atomic mass is 10.3. The van der Waals surface area contributed by atoms with E-state index >= 15 is 0 Å². The lowest BCUT2D eigenvalue weighted by molar-refractivity contribution is -0.135. The number of phenolic OH excluding ortho intramolecular Hbond substituents is 2. The normalized spacial score (nSPS) is 8.64. The molecule has 1 rings (SSSR count). The van der Waals surface area contributed by atoms with E-state index < -0.39 is 5.97 Å². The number of carboxylic acids is 1. The Balaban J connectivity index is 0.000000255. The minimum Gasteiger partial charge on any atom is -0.508 e. The van der Waals surface area contributed by atoms with Crippen LogP contribution in [0.25, 0.3) is 0 Å². The lowest BCUT2D eigenvalue weighted by Gasteiger charge is -1.88. The van der Waals surface area contributed by atoms with E-state index in [1.54, 1.807) is 7.05 Å². The van der Waals surface area contributed by atoms with E-state index in [0.29, 0.717) is 0 Å². The molecule has 5 nitrogen and oxygen atoms in total. The molecule has 1 aromatic rings. The van der Waals surface area contributed by atoms with Gasteiger partial charge < -0.3 is 20.6 Å². The van der Waals surface area contributed by atoms with Crippen molar-refractivity contribution in [1.82, 2.24) is 5.32 Å². The van der Waals surface area contributed by atoms with Crippen molar-refractivity contribution in [3.05, 3.63) is 24.3 Å². The van der Waals surface area contributed by atoms with Crippen LogP contribution in [-0.4, -0.2) is 34.9 Å². The molecule has 0 aliphatic rings. The predicted octanol–water partition coefficient (Wildman–Crippen LogP) is 0.388. The average molecular weight is 199 g/mol. The summed E-state index contributed by atoms with van der Waals surface area (Å²) in [5.41, 5.74) is 0. The van der Waals surface area contributed by atoms with E-state index in [4.69, 9.17) is 15.3 Å². The third kappa shape index (κ3) is 6.93. The van der Waals surface area contributed by atoms with Crippen LogP contribution < -0.4 is 5.32 Å². The highest BCUT2D eigenvalue weighted by molar-refractivity contribution is 5.68. The third-order valence-electron chi connectivity index (χ3n) is 1.18. The third-order valence-corrected chi connectivity index (χ3v) is 1.18. The molecule has 0 fully saturated rings. The van der Waals surface area contributed by atoms with Gasteiger partial charge in [0.1, 0.15) is 11.5 Å². The molecule has 14 heavy (non-hydrogen) atoms. The van der Waals surface area contributed by atoms with Crippen LogP contribution in [0.2, 0.25) is 0 Å². The molecule has 0 atom stereocenters. The van der Waals surface area contributed by atoms with Crippen LogP contribution >= 0.6 is 0 Å². The van der Waals surface area contributed by atoms with Crippen LogP contribution in [0.15, 0.2) is 24.3 Å². The van der Waals surface area contributed by atoms with Crippen molar-refractivity contribution >= 4 is 5.97 Å². The molecule has 0 bridgehead atoms. The summed E-state index contributed by atoms with van der Waals surface area (Å²) in [5, 5.41) is 27.6. The van der Waals surface area contributed by atoms with E-state index in [1.165, 1.54) is 24.3 Å². The number of aromatic hydroxyl groups is 2. The molecule has 1 aromatic carbocycles. The fraction of sp³-hybridized carbons (Fsp3) is 0.222. The maximum atomic E-state index is 9.54. The minimum absolute atomic E-state index is 0.0417. The van der Waals surface area contributed by atoms with Crippen molar-refractivity contribution < 1.29 is 20.1 Å². The molecule has 0 spiro atoms. The molecule has 0 heterocycles. The fourth-order valence-corrected chi connectivity index (χ4v) is 0.604. The number of likely N-dealkylation sites (N-methyl/N-ethyl adjacent to an activating group) is 1. The minimum atomic E-state index is -0.822. The molecule has 0 saturated heterocycles. The van der Waals surface area contributed by atoms with Crippen molar-refractivity contribution in [2.24, 2.45) is 0 Å². The summed E-state index contributed by atoms with van der Waals surface area (Å²) in [6, 6.07) is 5.70. The van der Waals surface area contributed by atoms with Gasteiger partial charge >= 0.3 is 5.97 Å². The largest absolute Gasteiger partial charge is 0.508 e. The molecule has 0 aromatic heterocycles. The van der Waals surface area contributed by atoms with E-state index in [0.717, 1.165) is 0 Å². The molecular weight excluding hydrogens is 186 g/mol. The molecular formula is C9H13NO4. The quantitative estimate of drug-likeness (QED) is 0.517. The monoisotopic (exact) mass is 199 g/mol. The second kappa shape index (κ2) is 6.73. The van der Waals surface area contributed by atoms with E-state index in [-0.39, 0.29) is 18.0 Å². The summed E-state index contributed by atoms with van der Waals surface area (Å²) in [5.74, 6) is -0.483. The molecule has 78 valence electrons. The van der Waals surface area contributed by atoms with Crippen LogP contribution in [-0.2, 0) is 4.79 Å². The molecule has 0 radical (unpaired) electrons. The fourth-order valence-electron chi connectivity index (χ4n) is 0.604. The van der Waals surface area contributed by atoms with Gasteiger partial charge in [-0.1, -0.05) is 0 Å². The Morgan fingerprint density at radius 2 is 1.57 bits per heavy atom. The number of aliphatic carboxylic acids is 1. The summed E-state index contributed by atoms with van der Waals surface area (Å²) in [7, 11) is 1.59. The Labute approximate surface area is 81.6 Å². The van der Waals surface area contributed by atoms with E-state index in [2.05, 4.69) is 5.32 Å². The summed E-state index contributed by atoms with van der Waals surface area (Å²) in [6.45, 7) is 0.0417. The van der Waals surface area contributed by atoms with Gasteiger partial charge in [0, 0.05) is 0 Å². The van der Waals surface area contributed by atoms with Crippen LogP contribution in [0.4, 0.5) is 0 Å². The average Bonchev–Trinajstić information content (AvgIpc) is 2.11. The number of rotatable bonds is 2. The van der Waals surface area contributed by atoms with Gasteiger partial charge in [-0.2, -0.15) is 0 Å². The van der Waals surface area contributed by atoms with Gasteiger partial charge in [-0.05, 0) is 31.3 Å². The first kappa shape index (κ1) is 12.2. The lowest BCUT2D eigenvalue weighted by Crippen LogP contribution is -2.16. The van der Waals surface area contributed by atoms with Crippen molar-refractivity contribution in [1.29, 1.82) is 0 Å². The second-order valence-corrected chi connectivity index (χ2v) is 2.44. The Morgan fingerprint density at radius 3 is 1.71 bits per heavy atom. The van der Waals surface area contributed by atoms with Crippen LogP contribution in [0, 0.1) is 0 Å². The molecule has 5 heteroatoms. The first-order valence-corrected chi connectivity index (χ1v) is 3.90. The Kier molecular flexibility index (Phi) is 5.89. The molecule has 4 N–H and O–H groups in total. The summed E-state index contributed by atoms with van der Waals surface area (Å²) < 4.78 is 0. The first-order valence-electron chi connectivity index (χ1n) is 3.90. The topological polar surface area (TPSA) is 89.8 Å². The first-order chi connectivity index (χ1) is 6.56. The Bertz CT molecular complexity index is 250. The summed E-state index contributed by atoms with van der Waals surface area (Å²) >= 11 is 0. The van der Waals surface area contributed by atoms with Gasteiger partial charge in [-0.3, -0.25) is 4.79 Å². The van der Waals surface area contributed by atoms with Crippen LogP contribution in [0.3, 0.4) is 0 Å². The summed E-state index contributed by atoms with van der Waals surface area (Å²) in [4.78, 5) is 9.54. The van der Waals surface area contributed by atoms with Gasteiger partial charge in [0.25, 0.3) is 0 Å². The van der Waals surface area contributed by atoms with Crippen molar-refractivity contribution in [2.45, 2.75) is 0 Å². The van der Waals surface area contributed by atoms with Gasteiger partial charge in [-0.25, -0.2) is 0 Å². The zero-order valence-electron chi connectivity index (χ0n) is 7.77. The van der Waals surface area contributed by atoms with Crippen LogP contribution in [0.5, 0.6) is 11.5 Å². The SMILES string of the molecule is CNCC(=O)O.Oc1ccc(O)cc1.